The molecule has 2 aliphatic rings. The maximum Gasteiger partial charge on any atom is 0.120 e. The molecule has 2 saturated carbocycles. The number of carbonyl (C=O) groups excluding carboxylic acids is 1. The highest BCUT2D eigenvalue weighted by Gasteiger charge is 2.36. The second-order valence-electron chi connectivity index (χ2n) is 9.00. The van der Waals surface area contributed by atoms with E-state index in [9.17, 15) is 4.79 Å². The molecule has 0 heterocycles. The zero-order valence-corrected chi connectivity index (χ0v) is 19.1. The minimum Gasteiger partial charge on any atom is -0.303 e. The molecular weight excluding hydrogens is 371 g/mol. The molecule has 0 aliphatic heterocycles. The van der Waals surface area contributed by atoms with E-state index >= 15 is 0 Å². The van der Waals surface area contributed by atoms with Crippen LogP contribution in [0.1, 0.15) is 65.2 Å². The molecule has 0 amide bonds. The molecule has 29 heavy (non-hydrogen) atoms. The lowest BCUT2D eigenvalue weighted by atomic mass is 9.94. The van der Waals surface area contributed by atoms with E-state index in [1.807, 2.05) is 0 Å². The number of rotatable bonds is 6. The first-order valence-electron chi connectivity index (χ1n) is 11.5. The molecule has 2 aromatic rings. The van der Waals surface area contributed by atoms with Crippen LogP contribution in [0.4, 0.5) is 0 Å². The SMILES string of the molecule is CC(C)C1CCCC1P(c1ccccc1)c1ccccc1.O=CCC1CCCC1. The second-order valence-corrected chi connectivity index (χ2v) is 11.4. The molecule has 1 nitrogen and oxygen atoms in total. The van der Waals surface area contributed by atoms with E-state index in [1.165, 1.54) is 44.9 Å². The maximum atomic E-state index is 9.96. The van der Waals surface area contributed by atoms with E-state index in [0.717, 1.165) is 36.1 Å². The molecule has 4 rings (SSSR count). The van der Waals surface area contributed by atoms with E-state index in [-0.39, 0.29) is 7.92 Å². The summed E-state index contributed by atoms with van der Waals surface area (Å²) in [5.41, 5.74) is 0.852. The van der Waals surface area contributed by atoms with Crippen molar-refractivity contribution in [2.24, 2.45) is 17.8 Å². The van der Waals surface area contributed by atoms with E-state index < -0.39 is 0 Å². The van der Waals surface area contributed by atoms with Gasteiger partial charge in [-0.15, -0.1) is 0 Å². The van der Waals surface area contributed by atoms with Crippen molar-refractivity contribution in [3.05, 3.63) is 60.7 Å². The molecule has 0 aromatic heterocycles. The van der Waals surface area contributed by atoms with Gasteiger partial charge in [0.25, 0.3) is 0 Å². The third-order valence-corrected chi connectivity index (χ3v) is 9.71. The van der Waals surface area contributed by atoms with Crippen LogP contribution in [0, 0.1) is 17.8 Å². The summed E-state index contributed by atoms with van der Waals surface area (Å²) in [5.74, 6) is 2.43. The fraction of sp³-hybridized carbons (Fsp3) is 0.519. The molecule has 2 aliphatic carbocycles. The quantitative estimate of drug-likeness (QED) is 0.383. The Morgan fingerprint density at radius 2 is 1.38 bits per heavy atom. The number of hydrogen-bond donors (Lipinski definition) is 0. The second kappa shape index (κ2) is 11.7. The van der Waals surface area contributed by atoms with Gasteiger partial charge < -0.3 is 4.79 Å². The highest BCUT2D eigenvalue weighted by atomic mass is 31.1. The summed E-state index contributed by atoms with van der Waals surface area (Å²) >= 11 is 0. The van der Waals surface area contributed by atoms with Crippen LogP contribution in [0.2, 0.25) is 0 Å². The van der Waals surface area contributed by atoms with Crippen molar-refractivity contribution in [3.63, 3.8) is 0 Å². The van der Waals surface area contributed by atoms with Crippen molar-refractivity contribution in [1.29, 1.82) is 0 Å². The van der Waals surface area contributed by atoms with Crippen molar-refractivity contribution in [3.8, 4) is 0 Å². The monoisotopic (exact) mass is 408 g/mol. The standard InChI is InChI=1S/C20H25P.C7H12O/c1-16(2)19-14-9-15-20(19)21(17-10-5-3-6-11-17)18-12-7-4-8-13-18;8-6-5-7-3-1-2-4-7/h3-8,10-13,16,19-20H,9,14-15H2,1-2H3;6-7H,1-5H2. The zero-order chi connectivity index (χ0) is 20.5. The Balaban J connectivity index is 0.000000252. The molecule has 0 spiro atoms. The van der Waals surface area contributed by atoms with Gasteiger partial charge in [-0.3, -0.25) is 0 Å². The van der Waals surface area contributed by atoms with Gasteiger partial charge in [0, 0.05) is 6.42 Å². The molecule has 0 bridgehead atoms. The van der Waals surface area contributed by atoms with Gasteiger partial charge in [-0.25, -0.2) is 0 Å². The molecule has 2 aromatic carbocycles. The summed E-state index contributed by atoms with van der Waals surface area (Å²) in [6, 6.07) is 22.4. The fourth-order valence-electron chi connectivity index (χ4n) is 5.16. The van der Waals surface area contributed by atoms with Crippen molar-refractivity contribution >= 4 is 24.8 Å². The molecule has 2 atom stereocenters. The predicted molar refractivity (Wildman–Crippen MR) is 128 cm³/mol. The average molecular weight is 409 g/mol. The van der Waals surface area contributed by atoms with Crippen molar-refractivity contribution in [1.82, 2.24) is 0 Å². The van der Waals surface area contributed by atoms with Gasteiger partial charge in [-0.1, -0.05) is 107 Å². The summed E-state index contributed by atoms with van der Waals surface area (Å²) in [6.45, 7) is 4.82. The summed E-state index contributed by atoms with van der Waals surface area (Å²) in [7, 11) is -0.224. The summed E-state index contributed by atoms with van der Waals surface area (Å²) in [4.78, 5) is 9.96. The predicted octanol–water partition coefficient (Wildman–Crippen LogP) is 6.71. The number of benzene rings is 2. The minimum atomic E-state index is -0.224. The first kappa shape index (κ1) is 22.2. The lowest BCUT2D eigenvalue weighted by Crippen LogP contribution is -2.27. The van der Waals surface area contributed by atoms with Gasteiger partial charge in [0.2, 0.25) is 0 Å². The molecule has 156 valence electrons. The van der Waals surface area contributed by atoms with Crippen LogP contribution in [0.25, 0.3) is 0 Å². The molecule has 2 fully saturated rings. The van der Waals surface area contributed by atoms with E-state index in [4.69, 9.17) is 0 Å². The summed E-state index contributed by atoms with van der Waals surface area (Å²) in [5, 5.41) is 3.10. The Bertz CT molecular complexity index is 666. The van der Waals surface area contributed by atoms with Crippen LogP contribution in [0.15, 0.2) is 60.7 Å². The van der Waals surface area contributed by atoms with Crippen molar-refractivity contribution in [2.45, 2.75) is 70.9 Å². The Labute approximate surface area is 179 Å². The lowest BCUT2D eigenvalue weighted by Gasteiger charge is -2.32. The van der Waals surface area contributed by atoms with E-state index in [0.29, 0.717) is 0 Å². The highest BCUT2D eigenvalue weighted by Crippen LogP contribution is 2.51. The van der Waals surface area contributed by atoms with Gasteiger partial charge in [0.05, 0.1) is 0 Å². The highest BCUT2D eigenvalue weighted by molar-refractivity contribution is 7.73. The fourth-order valence-corrected chi connectivity index (χ4v) is 8.53. The topological polar surface area (TPSA) is 17.1 Å². The molecular formula is C27H37OP. The van der Waals surface area contributed by atoms with Crippen LogP contribution < -0.4 is 10.6 Å². The van der Waals surface area contributed by atoms with Gasteiger partial charge in [0.15, 0.2) is 0 Å². The minimum absolute atomic E-state index is 0.224. The van der Waals surface area contributed by atoms with Crippen LogP contribution in [0.3, 0.4) is 0 Å². The summed E-state index contributed by atoms with van der Waals surface area (Å²) < 4.78 is 0. The third kappa shape index (κ3) is 6.26. The first-order chi connectivity index (χ1) is 14.2. The van der Waals surface area contributed by atoms with Gasteiger partial charge in [-0.2, -0.15) is 0 Å². The molecule has 0 N–H and O–H groups in total. The molecule has 0 saturated heterocycles. The van der Waals surface area contributed by atoms with Gasteiger partial charge in [-0.05, 0) is 54.8 Å². The molecule has 0 radical (unpaired) electrons. The largest absolute Gasteiger partial charge is 0.303 e. The van der Waals surface area contributed by atoms with Crippen LogP contribution in [-0.2, 0) is 4.79 Å². The average Bonchev–Trinajstić information content (AvgIpc) is 3.43. The number of aldehydes is 1. The van der Waals surface area contributed by atoms with Crippen molar-refractivity contribution < 1.29 is 4.79 Å². The third-order valence-electron chi connectivity index (χ3n) is 6.69. The Morgan fingerprint density at radius 3 is 1.86 bits per heavy atom. The van der Waals surface area contributed by atoms with Crippen LogP contribution in [0.5, 0.6) is 0 Å². The van der Waals surface area contributed by atoms with E-state index in [1.54, 1.807) is 10.6 Å². The van der Waals surface area contributed by atoms with Crippen molar-refractivity contribution in [2.75, 3.05) is 0 Å². The Kier molecular flexibility index (Phi) is 8.93. The number of carbonyl (C=O) groups is 1. The smallest absolute Gasteiger partial charge is 0.120 e. The molecule has 2 heteroatoms. The van der Waals surface area contributed by atoms with Gasteiger partial charge >= 0.3 is 0 Å². The van der Waals surface area contributed by atoms with E-state index in [2.05, 4.69) is 74.5 Å². The van der Waals surface area contributed by atoms with Gasteiger partial charge in [0.1, 0.15) is 6.29 Å². The Hall–Kier alpha value is -1.46. The number of hydrogen-bond acceptors (Lipinski definition) is 1. The maximum absolute atomic E-state index is 9.96. The Morgan fingerprint density at radius 1 is 0.828 bits per heavy atom. The first-order valence-corrected chi connectivity index (χ1v) is 12.9. The van der Waals surface area contributed by atoms with Crippen LogP contribution in [-0.4, -0.2) is 11.9 Å². The summed E-state index contributed by atoms with van der Waals surface area (Å²) in [6.07, 6.45) is 11.4. The normalized spacial score (nSPS) is 21.9. The lowest BCUT2D eigenvalue weighted by molar-refractivity contribution is -0.108. The van der Waals surface area contributed by atoms with Crippen LogP contribution >= 0.6 is 7.92 Å². The zero-order valence-electron chi connectivity index (χ0n) is 18.2. The molecule has 2 unspecified atom stereocenters.